The Hall–Kier alpha value is -1.07. The van der Waals surface area contributed by atoms with Gasteiger partial charge in [0, 0.05) is 0 Å². The van der Waals surface area contributed by atoms with Crippen LogP contribution >= 0.6 is 0 Å². The number of rotatable bonds is 3. The smallest absolute Gasteiger partial charge is 0.371 e. The van der Waals surface area contributed by atoms with Crippen molar-refractivity contribution in [1.29, 1.82) is 0 Å². The number of hydrogen-bond donors (Lipinski definition) is 1. The summed E-state index contributed by atoms with van der Waals surface area (Å²) in [7, 11) is -3.96. The Kier molecular flexibility index (Phi) is 4.15. The average molecular weight is 364 g/mol. The standard InChI is InChI=1S/C20H29NO3S/c1-3-14-5-9-19-18-7-4-13-12-15(24-25(21,22)23)6-8-16(13)17(18)10-11-20(14,19)2/h6,8,12,14,17-19H,3-5,7,9-11H2,1-2H3,(H2,21,22,23)/t14-,17+,18+,19-,20+/m0/s1. The fraction of sp³-hybridized carbons (Fsp3) is 0.700. The van der Waals surface area contributed by atoms with E-state index < -0.39 is 10.3 Å². The number of nitrogens with two attached hydrogens (primary N) is 1. The van der Waals surface area contributed by atoms with Crippen LogP contribution in [-0.2, 0) is 16.7 Å². The molecule has 1 aromatic rings. The van der Waals surface area contributed by atoms with Crippen LogP contribution in [0.1, 0.15) is 69.4 Å². The second kappa shape index (κ2) is 5.98. The van der Waals surface area contributed by atoms with Gasteiger partial charge >= 0.3 is 10.3 Å². The summed E-state index contributed by atoms with van der Waals surface area (Å²) in [6, 6.07) is 5.73. The molecule has 0 amide bonds. The molecule has 2 fully saturated rings. The van der Waals surface area contributed by atoms with Crippen LogP contribution in [-0.4, -0.2) is 8.42 Å². The Balaban J connectivity index is 1.62. The van der Waals surface area contributed by atoms with E-state index in [0.717, 1.165) is 24.2 Å². The lowest BCUT2D eigenvalue weighted by Gasteiger charge is -2.51. The fourth-order valence-corrected chi connectivity index (χ4v) is 6.90. The van der Waals surface area contributed by atoms with E-state index >= 15 is 0 Å². The van der Waals surface area contributed by atoms with Crippen molar-refractivity contribution in [3.05, 3.63) is 29.3 Å². The fourth-order valence-electron chi connectivity index (χ4n) is 6.52. The second-order valence-electron chi connectivity index (χ2n) is 8.58. The van der Waals surface area contributed by atoms with E-state index in [1.54, 1.807) is 6.07 Å². The first-order valence-electron chi connectivity index (χ1n) is 9.67. The van der Waals surface area contributed by atoms with Crippen LogP contribution < -0.4 is 9.32 Å². The first-order valence-corrected chi connectivity index (χ1v) is 11.1. The van der Waals surface area contributed by atoms with E-state index in [4.69, 9.17) is 9.32 Å². The van der Waals surface area contributed by atoms with Crippen molar-refractivity contribution in [2.75, 3.05) is 0 Å². The number of benzene rings is 1. The Morgan fingerprint density at radius 2 is 2.04 bits per heavy atom. The Morgan fingerprint density at radius 1 is 1.24 bits per heavy atom. The predicted octanol–water partition coefficient (Wildman–Crippen LogP) is 4.15. The minimum absolute atomic E-state index is 0.340. The maximum atomic E-state index is 11.2. The number of aryl methyl sites for hydroxylation is 1. The minimum atomic E-state index is -3.96. The van der Waals surface area contributed by atoms with E-state index in [2.05, 4.69) is 19.9 Å². The number of hydrogen-bond acceptors (Lipinski definition) is 3. The van der Waals surface area contributed by atoms with E-state index in [0.29, 0.717) is 17.1 Å². The third-order valence-corrected chi connectivity index (χ3v) is 8.02. The molecule has 5 atom stereocenters. The van der Waals surface area contributed by atoms with Crippen molar-refractivity contribution < 1.29 is 12.6 Å². The molecule has 0 aromatic heterocycles. The van der Waals surface area contributed by atoms with Crippen molar-refractivity contribution in [3.63, 3.8) is 0 Å². The molecule has 0 saturated heterocycles. The average Bonchev–Trinajstić information content (AvgIpc) is 2.89. The summed E-state index contributed by atoms with van der Waals surface area (Å²) in [6.07, 6.45) is 8.92. The molecule has 4 nitrogen and oxygen atoms in total. The van der Waals surface area contributed by atoms with Gasteiger partial charge in [0.1, 0.15) is 5.75 Å². The summed E-state index contributed by atoms with van der Waals surface area (Å²) >= 11 is 0. The van der Waals surface area contributed by atoms with Crippen molar-refractivity contribution in [1.82, 2.24) is 0 Å². The molecule has 4 rings (SSSR count). The molecule has 2 saturated carbocycles. The third-order valence-electron chi connectivity index (χ3n) is 7.60. The lowest BCUT2D eigenvalue weighted by Crippen LogP contribution is -2.42. The summed E-state index contributed by atoms with van der Waals surface area (Å²) in [5.41, 5.74) is 3.19. The monoisotopic (exact) mass is 363 g/mol. The molecule has 2 N–H and O–H groups in total. The Morgan fingerprint density at radius 3 is 2.76 bits per heavy atom. The lowest BCUT2D eigenvalue weighted by atomic mass is 9.54. The van der Waals surface area contributed by atoms with Gasteiger partial charge in [-0.05, 0) is 90.9 Å². The summed E-state index contributed by atoms with van der Waals surface area (Å²) < 4.78 is 27.2. The maximum absolute atomic E-state index is 11.2. The van der Waals surface area contributed by atoms with Crippen LogP contribution in [0.3, 0.4) is 0 Å². The van der Waals surface area contributed by atoms with Gasteiger partial charge in [0.15, 0.2) is 0 Å². The van der Waals surface area contributed by atoms with Crippen molar-refractivity contribution >= 4 is 10.3 Å². The molecule has 25 heavy (non-hydrogen) atoms. The molecule has 3 aliphatic carbocycles. The molecular formula is C20H29NO3S. The lowest BCUT2D eigenvalue weighted by molar-refractivity contribution is 0.0273. The van der Waals surface area contributed by atoms with Gasteiger partial charge in [-0.1, -0.05) is 26.3 Å². The topological polar surface area (TPSA) is 69.4 Å². The number of fused-ring (bicyclic) bond motifs is 5. The minimum Gasteiger partial charge on any atom is -0.371 e. The summed E-state index contributed by atoms with van der Waals surface area (Å²) in [5, 5.41) is 5.00. The van der Waals surface area contributed by atoms with Gasteiger partial charge in [-0.15, -0.1) is 0 Å². The van der Waals surface area contributed by atoms with Gasteiger partial charge < -0.3 is 4.18 Å². The van der Waals surface area contributed by atoms with Crippen LogP contribution in [0, 0.1) is 23.2 Å². The SMILES string of the molecule is CC[C@H]1CC[C@H]2[C@@H]3CCc4cc(OS(N)(=O)=O)ccc4[C@H]3CC[C@]12C. The maximum Gasteiger partial charge on any atom is 0.380 e. The van der Waals surface area contributed by atoms with Gasteiger partial charge in [0.05, 0.1) is 0 Å². The van der Waals surface area contributed by atoms with Crippen molar-refractivity contribution in [3.8, 4) is 5.75 Å². The first kappa shape index (κ1) is 17.3. The van der Waals surface area contributed by atoms with Crippen LogP contribution in [0.15, 0.2) is 18.2 Å². The highest BCUT2D eigenvalue weighted by atomic mass is 32.2. The largest absolute Gasteiger partial charge is 0.380 e. The summed E-state index contributed by atoms with van der Waals surface area (Å²) in [6.45, 7) is 4.90. The molecule has 0 heterocycles. The van der Waals surface area contributed by atoms with Gasteiger partial charge in [0.25, 0.3) is 0 Å². The molecule has 0 unspecified atom stereocenters. The van der Waals surface area contributed by atoms with E-state index in [9.17, 15) is 8.42 Å². The zero-order valence-electron chi connectivity index (χ0n) is 15.2. The van der Waals surface area contributed by atoms with Crippen molar-refractivity contribution in [2.45, 2.75) is 64.7 Å². The quantitative estimate of drug-likeness (QED) is 0.877. The molecule has 0 radical (unpaired) electrons. The van der Waals surface area contributed by atoms with Gasteiger partial charge in [-0.25, -0.2) is 0 Å². The molecule has 0 aliphatic heterocycles. The molecule has 3 aliphatic rings. The highest BCUT2D eigenvalue weighted by molar-refractivity contribution is 7.84. The highest BCUT2D eigenvalue weighted by Crippen LogP contribution is 2.63. The Bertz CT molecular complexity index is 775. The van der Waals surface area contributed by atoms with Gasteiger partial charge in [0.2, 0.25) is 0 Å². The van der Waals surface area contributed by atoms with E-state index in [1.165, 1.54) is 49.7 Å². The predicted molar refractivity (Wildman–Crippen MR) is 98.6 cm³/mol. The van der Waals surface area contributed by atoms with Crippen molar-refractivity contribution in [2.24, 2.45) is 28.3 Å². The Labute approximate surface area is 151 Å². The van der Waals surface area contributed by atoms with E-state index in [1.807, 2.05) is 6.07 Å². The highest BCUT2D eigenvalue weighted by Gasteiger charge is 2.53. The van der Waals surface area contributed by atoms with Gasteiger partial charge in [-0.3, -0.25) is 0 Å². The van der Waals surface area contributed by atoms with Crippen LogP contribution in [0.2, 0.25) is 0 Å². The third kappa shape index (κ3) is 2.89. The molecule has 0 spiro atoms. The molecule has 0 bridgehead atoms. The summed E-state index contributed by atoms with van der Waals surface area (Å²) in [4.78, 5) is 0. The van der Waals surface area contributed by atoms with Crippen LogP contribution in [0.5, 0.6) is 5.75 Å². The first-order chi connectivity index (χ1) is 11.8. The molecule has 138 valence electrons. The van der Waals surface area contributed by atoms with E-state index in [-0.39, 0.29) is 0 Å². The van der Waals surface area contributed by atoms with Gasteiger partial charge in [-0.2, -0.15) is 13.6 Å². The molecule has 1 aromatic carbocycles. The normalized spacial score (nSPS) is 37.1. The second-order valence-corrected chi connectivity index (χ2v) is 9.73. The summed E-state index contributed by atoms with van der Waals surface area (Å²) in [5.74, 6) is 3.50. The van der Waals surface area contributed by atoms with Crippen LogP contribution in [0.4, 0.5) is 0 Å². The molecular weight excluding hydrogens is 334 g/mol. The van der Waals surface area contributed by atoms with Crippen LogP contribution in [0.25, 0.3) is 0 Å². The molecule has 5 heteroatoms. The zero-order valence-corrected chi connectivity index (χ0v) is 16.0. The zero-order chi connectivity index (χ0) is 17.8.